The molecule has 3 rings (SSSR count). The van der Waals surface area contributed by atoms with E-state index in [-0.39, 0.29) is 0 Å². The lowest BCUT2D eigenvalue weighted by molar-refractivity contribution is 0.0395. The first-order valence-electron chi connectivity index (χ1n) is 7.17. The van der Waals surface area contributed by atoms with Gasteiger partial charge >= 0.3 is 0 Å². The van der Waals surface area contributed by atoms with Gasteiger partial charge in [-0.1, -0.05) is 25.1 Å². The maximum atomic E-state index is 5.68. The molecule has 102 valence electrons. The predicted octanol–water partition coefficient (Wildman–Crippen LogP) is 3.98. The molecule has 0 bridgehead atoms. The normalized spacial score (nSPS) is 21.6. The Labute approximate surface area is 118 Å². The number of fused-ring (bicyclic) bond motifs is 1. The Morgan fingerprint density at radius 1 is 1.42 bits per heavy atom. The minimum atomic E-state index is 0.432. The van der Waals surface area contributed by atoms with Crippen LogP contribution in [0.15, 0.2) is 29.6 Å². The number of benzene rings is 1. The molecule has 1 fully saturated rings. The van der Waals surface area contributed by atoms with Crippen LogP contribution in [-0.2, 0) is 4.74 Å². The lowest BCUT2D eigenvalue weighted by Gasteiger charge is -2.30. The minimum Gasteiger partial charge on any atom is -0.381 e. The molecule has 2 aromatic rings. The molecule has 19 heavy (non-hydrogen) atoms. The second-order valence-corrected chi connectivity index (χ2v) is 6.11. The van der Waals surface area contributed by atoms with Crippen LogP contribution in [0.4, 0.5) is 0 Å². The molecule has 0 amide bonds. The van der Waals surface area contributed by atoms with Crippen LogP contribution in [0.25, 0.3) is 10.1 Å². The topological polar surface area (TPSA) is 21.3 Å². The summed E-state index contributed by atoms with van der Waals surface area (Å²) in [6.45, 7) is 5.01. The predicted molar refractivity (Wildman–Crippen MR) is 81.8 cm³/mol. The molecule has 1 N–H and O–H groups in total. The number of thiophene rings is 1. The van der Waals surface area contributed by atoms with Gasteiger partial charge in [0.05, 0.1) is 6.61 Å². The Morgan fingerprint density at radius 3 is 3.11 bits per heavy atom. The van der Waals surface area contributed by atoms with Gasteiger partial charge in [-0.15, -0.1) is 11.3 Å². The molecule has 2 unspecified atom stereocenters. The third-order valence-electron chi connectivity index (χ3n) is 3.94. The highest BCUT2D eigenvalue weighted by Gasteiger charge is 2.26. The summed E-state index contributed by atoms with van der Waals surface area (Å²) in [6, 6.07) is 9.15. The van der Waals surface area contributed by atoms with Crippen LogP contribution >= 0.6 is 11.3 Å². The first-order valence-corrected chi connectivity index (χ1v) is 8.05. The summed E-state index contributed by atoms with van der Waals surface area (Å²) in [4.78, 5) is 0. The number of rotatable bonds is 4. The molecule has 1 aliphatic heterocycles. The molecule has 1 saturated heterocycles. The Bertz CT molecular complexity index is 530. The van der Waals surface area contributed by atoms with Gasteiger partial charge in [0.2, 0.25) is 0 Å². The Morgan fingerprint density at radius 2 is 2.32 bits per heavy atom. The lowest BCUT2D eigenvalue weighted by Crippen LogP contribution is -2.33. The van der Waals surface area contributed by atoms with Crippen LogP contribution < -0.4 is 5.32 Å². The monoisotopic (exact) mass is 275 g/mol. The fourth-order valence-corrected chi connectivity index (χ4v) is 4.02. The highest BCUT2D eigenvalue weighted by Crippen LogP contribution is 2.36. The minimum absolute atomic E-state index is 0.432. The van der Waals surface area contributed by atoms with Gasteiger partial charge in [0.15, 0.2) is 0 Å². The lowest BCUT2D eigenvalue weighted by atomic mass is 9.88. The summed E-state index contributed by atoms with van der Waals surface area (Å²) in [5.41, 5.74) is 1.46. The zero-order chi connectivity index (χ0) is 13.1. The van der Waals surface area contributed by atoms with Crippen molar-refractivity contribution >= 4 is 21.4 Å². The van der Waals surface area contributed by atoms with Gasteiger partial charge in [0.25, 0.3) is 0 Å². The fourth-order valence-electron chi connectivity index (χ4n) is 3.02. The average Bonchev–Trinajstić information content (AvgIpc) is 2.89. The Balaban J connectivity index is 1.94. The van der Waals surface area contributed by atoms with Crippen molar-refractivity contribution in [3.63, 3.8) is 0 Å². The molecule has 1 aliphatic rings. The number of hydrogen-bond donors (Lipinski definition) is 1. The molecule has 0 aliphatic carbocycles. The van der Waals surface area contributed by atoms with E-state index in [0.29, 0.717) is 12.0 Å². The summed E-state index contributed by atoms with van der Waals surface area (Å²) < 4.78 is 7.07. The van der Waals surface area contributed by atoms with Crippen molar-refractivity contribution in [1.82, 2.24) is 5.32 Å². The van der Waals surface area contributed by atoms with E-state index in [2.05, 4.69) is 41.9 Å². The van der Waals surface area contributed by atoms with Crippen molar-refractivity contribution in [2.24, 2.45) is 5.92 Å². The molecular weight excluding hydrogens is 254 g/mol. The average molecular weight is 275 g/mol. The SMILES string of the molecule is CCNC(c1csc2ccccc12)C1CCCOC1. The van der Waals surface area contributed by atoms with Crippen molar-refractivity contribution in [3.05, 3.63) is 35.2 Å². The second-order valence-electron chi connectivity index (χ2n) is 5.20. The molecule has 1 aromatic carbocycles. The smallest absolute Gasteiger partial charge is 0.0512 e. The van der Waals surface area contributed by atoms with E-state index in [1.807, 2.05) is 11.3 Å². The molecule has 0 radical (unpaired) electrons. The summed E-state index contributed by atoms with van der Waals surface area (Å²) in [5.74, 6) is 0.603. The highest BCUT2D eigenvalue weighted by atomic mass is 32.1. The molecule has 2 atom stereocenters. The van der Waals surface area contributed by atoms with Gasteiger partial charge < -0.3 is 10.1 Å². The van der Waals surface area contributed by atoms with Crippen LogP contribution in [0.1, 0.15) is 31.4 Å². The van der Waals surface area contributed by atoms with Crippen molar-refractivity contribution in [2.45, 2.75) is 25.8 Å². The third-order valence-corrected chi connectivity index (χ3v) is 4.92. The second kappa shape index (κ2) is 6.04. The Hall–Kier alpha value is -0.900. The Kier molecular flexibility index (Phi) is 4.16. The number of nitrogens with one attached hydrogen (secondary N) is 1. The van der Waals surface area contributed by atoms with E-state index in [4.69, 9.17) is 4.74 Å². The quantitative estimate of drug-likeness (QED) is 0.911. The van der Waals surface area contributed by atoms with E-state index in [0.717, 1.165) is 19.8 Å². The first-order chi connectivity index (χ1) is 9.40. The van der Waals surface area contributed by atoms with Gasteiger partial charge in [-0.25, -0.2) is 0 Å². The van der Waals surface area contributed by atoms with Crippen LogP contribution in [0.2, 0.25) is 0 Å². The molecular formula is C16H21NOS. The summed E-state index contributed by atoms with van der Waals surface area (Å²) >= 11 is 1.85. The maximum absolute atomic E-state index is 5.68. The third kappa shape index (κ3) is 2.69. The van der Waals surface area contributed by atoms with E-state index in [1.165, 1.54) is 28.5 Å². The highest BCUT2D eigenvalue weighted by molar-refractivity contribution is 7.17. The van der Waals surface area contributed by atoms with Gasteiger partial charge in [0, 0.05) is 23.3 Å². The van der Waals surface area contributed by atoms with Crippen LogP contribution in [-0.4, -0.2) is 19.8 Å². The zero-order valence-electron chi connectivity index (χ0n) is 11.4. The van der Waals surface area contributed by atoms with Crippen molar-refractivity contribution < 1.29 is 4.74 Å². The molecule has 1 aromatic heterocycles. The van der Waals surface area contributed by atoms with Crippen molar-refractivity contribution in [1.29, 1.82) is 0 Å². The molecule has 2 heterocycles. The van der Waals surface area contributed by atoms with E-state index < -0.39 is 0 Å². The molecule has 2 nitrogen and oxygen atoms in total. The summed E-state index contributed by atoms with van der Waals surface area (Å²) in [6.07, 6.45) is 2.45. The first kappa shape index (κ1) is 13.1. The van der Waals surface area contributed by atoms with Gasteiger partial charge in [-0.05, 0) is 41.8 Å². The van der Waals surface area contributed by atoms with Crippen LogP contribution in [0, 0.1) is 5.92 Å². The molecule has 0 spiro atoms. The van der Waals surface area contributed by atoms with Crippen LogP contribution in [0.3, 0.4) is 0 Å². The van der Waals surface area contributed by atoms with Gasteiger partial charge in [-0.3, -0.25) is 0 Å². The standard InChI is InChI=1S/C16H21NOS/c1-2-17-16(12-6-5-9-18-10-12)14-11-19-15-8-4-3-7-13(14)15/h3-4,7-8,11-12,16-17H,2,5-6,9-10H2,1H3. The van der Waals surface area contributed by atoms with Crippen molar-refractivity contribution in [3.8, 4) is 0 Å². The van der Waals surface area contributed by atoms with Gasteiger partial charge in [-0.2, -0.15) is 0 Å². The number of hydrogen-bond acceptors (Lipinski definition) is 3. The van der Waals surface area contributed by atoms with Crippen LogP contribution in [0.5, 0.6) is 0 Å². The molecule has 0 saturated carbocycles. The number of ether oxygens (including phenoxy) is 1. The molecule has 3 heteroatoms. The summed E-state index contributed by atoms with van der Waals surface area (Å²) in [5, 5.41) is 7.41. The zero-order valence-corrected chi connectivity index (χ0v) is 12.2. The summed E-state index contributed by atoms with van der Waals surface area (Å²) in [7, 11) is 0. The fraction of sp³-hybridized carbons (Fsp3) is 0.500. The van der Waals surface area contributed by atoms with E-state index in [1.54, 1.807) is 0 Å². The van der Waals surface area contributed by atoms with Gasteiger partial charge in [0.1, 0.15) is 0 Å². The largest absolute Gasteiger partial charge is 0.381 e. The maximum Gasteiger partial charge on any atom is 0.0512 e. The van der Waals surface area contributed by atoms with E-state index in [9.17, 15) is 0 Å². The van der Waals surface area contributed by atoms with E-state index >= 15 is 0 Å². The van der Waals surface area contributed by atoms with Crippen molar-refractivity contribution in [2.75, 3.05) is 19.8 Å².